The Morgan fingerprint density at radius 1 is 1.29 bits per heavy atom. The van der Waals surface area contributed by atoms with E-state index in [0.717, 1.165) is 32.5 Å². The lowest BCUT2D eigenvalue weighted by Gasteiger charge is -2.27. The molecule has 0 aromatic heterocycles. The number of nitrogens with zero attached hydrogens (tertiary/aromatic N) is 1. The number of rotatable bonds is 5. The van der Waals surface area contributed by atoms with E-state index in [0.29, 0.717) is 12.3 Å². The average Bonchev–Trinajstić information content (AvgIpc) is 3.08. The zero-order valence-electron chi connectivity index (χ0n) is 14.5. The molecule has 3 rings (SSSR count). The number of likely N-dealkylation sites (tertiary alicyclic amines) is 1. The number of nitrogens with one attached hydrogen (secondary N) is 2. The summed E-state index contributed by atoms with van der Waals surface area (Å²) in [7, 11) is 1.71. The molecule has 1 saturated heterocycles. The van der Waals surface area contributed by atoms with E-state index in [1.807, 2.05) is 13.0 Å². The molecule has 0 spiro atoms. The van der Waals surface area contributed by atoms with Crippen LogP contribution in [-0.4, -0.2) is 42.9 Å². The van der Waals surface area contributed by atoms with Crippen LogP contribution in [-0.2, 0) is 16.1 Å². The van der Waals surface area contributed by atoms with Gasteiger partial charge in [-0.25, -0.2) is 0 Å². The fourth-order valence-corrected chi connectivity index (χ4v) is 4.48. The number of hydrogen-bond acceptors (Lipinski definition) is 3. The van der Waals surface area contributed by atoms with Crippen LogP contribution < -0.4 is 10.6 Å². The molecule has 3 atom stereocenters. The summed E-state index contributed by atoms with van der Waals surface area (Å²) in [4.78, 5) is 26.8. The lowest BCUT2D eigenvalue weighted by Crippen LogP contribution is -2.44. The summed E-state index contributed by atoms with van der Waals surface area (Å²) >= 11 is 0. The summed E-state index contributed by atoms with van der Waals surface area (Å²) in [5, 5.41) is 5.95. The maximum Gasteiger partial charge on any atom is 0.227 e. The number of amides is 2. The first-order valence-electron chi connectivity index (χ1n) is 8.85. The molecule has 2 aliphatic rings. The highest BCUT2D eigenvalue weighted by molar-refractivity contribution is 5.84. The smallest absolute Gasteiger partial charge is 0.227 e. The summed E-state index contributed by atoms with van der Waals surface area (Å²) in [6.07, 6.45) is 2.13. The topological polar surface area (TPSA) is 61.4 Å². The van der Waals surface area contributed by atoms with Gasteiger partial charge in [0, 0.05) is 39.1 Å². The fourth-order valence-electron chi connectivity index (χ4n) is 4.48. The van der Waals surface area contributed by atoms with E-state index in [4.69, 9.17) is 0 Å². The van der Waals surface area contributed by atoms with Crippen LogP contribution in [0.4, 0.5) is 0 Å². The molecule has 2 N–H and O–H groups in total. The first kappa shape index (κ1) is 17.0. The standard InChI is InChI=1S/C19H27N3O2/c1-3-17(23)21-16-9-15-12-22(11-14-7-5-4-6-8-14)13-19(15,10-16)18(24)20-2/h4-8,15-16H,3,9-13H2,1-2H3,(H,20,24)(H,21,23)/t15-,16-,19-/m0/s1. The molecule has 130 valence electrons. The second-order valence-electron chi connectivity index (χ2n) is 7.15. The highest BCUT2D eigenvalue weighted by Gasteiger charge is 2.57. The summed E-state index contributed by atoms with van der Waals surface area (Å²) in [6.45, 7) is 4.43. The van der Waals surface area contributed by atoms with Crippen LogP contribution in [0.1, 0.15) is 31.7 Å². The summed E-state index contributed by atoms with van der Waals surface area (Å²) in [5.41, 5.74) is 0.912. The van der Waals surface area contributed by atoms with Gasteiger partial charge in [0.1, 0.15) is 0 Å². The molecule has 1 aromatic rings. The van der Waals surface area contributed by atoms with Crippen molar-refractivity contribution in [3.8, 4) is 0 Å². The van der Waals surface area contributed by atoms with Crippen molar-refractivity contribution in [1.82, 2.24) is 15.5 Å². The van der Waals surface area contributed by atoms with Gasteiger partial charge in [-0.3, -0.25) is 14.5 Å². The summed E-state index contributed by atoms with van der Waals surface area (Å²) in [6, 6.07) is 10.5. The van der Waals surface area contributed by atoms with Gasteiger partial charge < -0.3 is 10.6 Å². The Labute approximate surface area is 143 Å². The van der Waals surface area contributed by atoms with Crippen LogP contribution in [0.2, 0.25) is 0 Å². The molecular weight excluding hydrogens is 302 g/mol. The minimum absolute atomic E-state index is 0.0770. The largest absolute Gasteiger partial charge is 0.359 e. The van der Waals surface area contributed by atoms with E-state index in [1.54, 1.807) is 7.05 Å². The minimum Gasteiger partial charge on any atom is -0.359 e. The average molecular weight is 329 g/mol. The number of carbonyl (C=O) groups excluding carboxylic acids is 2. The van der Waals surface area contributed by atoms with Crippen molar-refractivity contribution < 1.29 is 9.59 Å². The van der Waals surface area contributed by atoms with Crippen molar-refractivity contribution in [3.63, 3.8) is 0 Å². The molecule has 2 fully saturated rings. The lowest BCUT2D eigenvalue weighted by atomic mass is 9.80. The molecule has 24 heavy (non-hydrogen) atoms. The second-order valence-corrected chi connectivity index (χ2v) is 7.15. The Balaban J connectivity index is 1.71. The Hall–Kier alpha value is -1.88. The van der Waals surface area contributed by atoms with E-state index in [-0.39, 0.29) is 23.3 Å². The van der Waals surface area contributed by atoms with E-state index in [2.05, 4.69) is 39.8 Å². The van der Waals surface area contributed by atoms with E-state index in [9.17, 15) is 9.59 Å². The molecule has 0 radical (unpaired) electrons. The first-order chi connectivity index (χ1) is 11.6. The van der Waals surface area contributed by atoms with E-state index >= 15 is 0 Å². The van der Waals surface area contributed by atoms with Crippen molar-refractivity contribution in [2.24, 2.45) is 11.3 Å². The molecule has 2 amide bonds. The Morgan fingerprint density at radius 2 is 2.04 bits per heavy atom. The Morgan fingerprint density at radius 3 is 2.71 bits per heavy atom. The van der Waals surface area contributed by atoms with Crippen LogP contribution in [0, 0.1) is 11.3 Å². The molecule has 1 aromatic carbocycles. The minimum atomic E-state index is -0.366. The molecule has 0 bridgehead atoms. The van der Waals surface area contributed by atoms with Crippen molar-refractivity contribution in [3.05, 3.63) is 35.9 Å². The normalized spacial score (nSPS) is 29.2. The molecule has 1 heterocycles. The van der Waals surface area contributed by atoms with Gasteiger partial charge in [0.15, 0.2) is 0 Å². The summed E-state index contributed by atoms with van der Waals surface area (Å²) < 4.78 is 0. The van der Waals surface area contributed by atoms with Crippen molar-refractivity contribution in [1.29, 1.82) is 0 Å². The third-order valence-electron chi connectivity index (χ3n) is 5.56. The van der Waals surface area contributed by atoms with Crippen molar-refractivity contribution in [2.45, 2.75) is 38.8 Å². The van der Waals surface area contributed by atoms with E-state index in [1.165, 1.54) is 5.56 Å². The third-order valence-corrected chi connectivity index (χ3v) is 5.56. The fraction of sp³-hybridized carbons (Fsp3) is 0.579. The van der Waals surface area contributed by atoms with Gasteiger partial charge in [-0.15, -0.1) is 0 Å². The number of benzene rings is 1. The predicted molar refractivity (Wildman–Crippen MR) is 93.2 cm³/mol. The number of hydrogen-bond donors (Lipinski definition) is 2. The monoisotopic (exact) mass is 329 g/mol. The maximum absolute atomic E-state index is 12.7. The molecule has 1 saturated carbocycles. The van der Waals surface area contributed by atoms with Gasteiger partial charge in [-0.1, -0.05) is 37.3 Å². The quantitative estimate of drug-likeness (QED) is 0.861. The second kappa shape index (κ2) is 6.93. The lowest BCUT2D eigenvalue weighted by molar-refractivity contribution is -0.131. The number of fused-ring (bicyclic) bond motifs is 1. The molecule has 1 aliphatic heterocycles. The van der Waals surface area contributed by atoms with Crippen LogP contribution in [0.5, 0.6) is 0 Å². The zero-order valence-corrected chi connectivity index (χ0v) is 14.5. The first-order valence-corrected chi connectivity index (χ1v) is 8.85. The highest BCUT2D eigenvalue weighted by Crippen LogP contribution is 2.49. The van der Waals surface area contributed by atoms with Crippen LogP contribution in [0.3, 0.4) is 0 Å². The van der Waals surface area contributed by atoms with Crippen LogP contribution >= 0.6 is 0 Å². The van der Waals surface area contributed by atoms with Gasteiger partial charge in [-0.05, 0) is 24.3 Å². The number of carbonyl (C=O) groups is 2. The third kappa shape index (κ3) is 3.18. The Bertz CT molecular complexity index is 604. The van der Waals surface area contributed by atoms with Gasteiger partial charge in [0.2, 0.25) is 11.8 Å². The molecule has 5 nitrogen and oxygen atoms in total. The van der Waals surface area contributed by atoms with Gasteiger partial charge in [0.05, 0.1) is 5.41 Å². The molecule has 0 unspecified atom stereocenters. The molecular formula is C19H27N3O2. The maximum atomic E-state index is 12.7. The van der Waals surface area contributed by atoms with Crippen molar-refractivity contribution >= 4 is 11.8 Å². The molecule has 1 aliphatic carbocycles. The van der Waals surface area contributed by atoms with Gasteiger partial charge in [0.25, 0.3) is 0 Å². The summed E-state index contributed by atoms with van der Waals surface area (Å²) in [5.74, 6) is 0.507. The zero-order chi connectivity index (χ0) is 17.2. The van der Waals surface area contributed by atoms with E-state index < -0.39 is 0 Å². The Kier molecular flexibility index (Phi) is 4.90. The van der Waals surface area contributed by atoms with Crippen LogP contribution in [0.15, 0.2) is 30.3 Å². The highest BCUT2D eigenvalue weighted by atomic mass is 16.2. The van der Waals surface area contributed by atoms with Crippen molar-refractivity contribution in [2.75, 3.05) is 20.1 Å². The molecule has 5 heteroatoms. The van der Waals surface area contributed by atoms with Crippen LogP contribution in [0.25, 0.3) is 0 Å². The predicted octanol–water partition coefficient (Wildman–Crippen LogP) is 1.54. The SMILES string of the molecule is CCC(=O)N[C@H]1C[C@H]2CN(Cc3ccccc3)C[C@@]2(C(=O)NC)C1. The van der Waals surface area contributed by atoms with Gasteiger partial charge in [-0.2, -0.15) is 0 Å². The van der Waals surface area contributed by atoms with Gasteiger partial charge >= 0.3 is 0 Å².